The van der Waals surface area contributed by atoms with Crippen LogP contribution in [0.2, 0.25) is 0 Å². The number of aromatic nitrogens is 3. The maximum absolute atomic E-state index is 10.9. The summed E-state index contributed by atoms with van der Waals surface area (Å²) < 4.78 is 5.03. The second-order valence-corrected chi connectivity index (χ2v) is 3.65. The van der Waals surface area contributed by atoms with E-state index in [1.54, 1.807) is 6.20 Å². The number of rotatable bonds is 1. The van der Waals surface area contributed by atoms with Gasteiger partial charge in [-0.05, 0) is 0 Å². The van der Waals surface area contributed by atoms with Crippen molar-refractivity contribution < 1.29 is 14.4 Å². The lowest BCUT2D eigenvalue weighted by Crippen LogP contribution is -2.20. The van der Waals surface area contributed by atoms with E-state index in [1.807, 2.05) is 0 Å². The fourth-order valence-corrected chi connectivity index (χ4v) is 1.98. The second-order valence-electron chi connectivity index (χ2n) is 3.65. The second kappa shape index (κ2) is 2.92. The molecule has 1 aliphatic carbocycles. The standard InChI is InChI=1S/C9H8N4O3/c10-4-1-5-3(2-11-12-5)8-6(4)7(9(14)15)13-16-8/h2,4H,1,10H2,(H,11,12)(H,14,15). The van der Waals surface area contributed by atoms with Gasteiger partial charge in [-0.1, -0.05) is 5.16 Å². The molecular formula is C9H8N4O3. The van der Waals surface area contributed by atoms with E-state index in [1.165, 1.54) is 0 Å². The van der Waals surface area contributed by atoms with Crippen molar-refractivity contribution in [1.82, 2.24) is 15.4 Å². The zero-order chi connectivity index (χ0) is 11.3. The van der Waals surface area contributed by atoms with Gasteiger partial charge in [0.15, 0.2) is 11.5 Å². The highest BCUT2D eigenvalue weighted by molar-refractivity contribution is 5.90. The SMILES string of the molecule is NC1Cc2[nH]ncc2-c2onc(C(=O)O)c21. The lowest BCUT2D eigenvalue weighted by molar-refractivity contribution is 0.0684. The van der Waals surface area contributed by atoms with E-state index in [4.69, 9.17) is 15.4 Å². The molecule has 0 fully saturated rings. The third-order valence-corrected chi connectivity index (χ3v) is 2.69. The topological polar surface area (TPSA) is 118 Å². The number of carbonyl (C=O) groups is 1. The molecule has 0 aliphatic heterocycles. The van der Waals surface area contributed by atoms with E-state index >= 15 is 0 Å². The third-order valence-electron chi connectivity index (χ3n) is 2.69. The Morgan fingerprint density at radius 1 is 1.69 bits per heavy atom. The number of hydrogen-bond donors (Lipinski definition) is 3. The minimum absolute atomic E-state index is 0.116. The summed E-state index contributed by atoms with van der Waals surface area (Å²) in [6.07, 6.45) is 2.08. The highest BCUT2D eigenvalue weighted by atomic mass is 16.5. The van der Waals surface area contributed by atoms with Gasteiger partial charge in [0.25, 0.3) is 0 Å². The predicted octanol–water partition coefficient (Wildman–Crippen LogP) is 0.319. The van der Waals surface area contributed by atoms with Crippen molar-refractivity contribution in [1.29, 1.82) is 0 Å². The molecule has 2 aromatic heterocycles. The molecule has 3 rings (SSSR count). The Morgan fingerprint density at radius 2 is 2.50 bits per heavy atom. The average molecular weight is 220 g/mol. The number of carboxylic acids is 1. The van der Waals surface area contributed by atoms with Crippen LogP contribution < -0.4 is 5.73 Å². The van der Waals surface area contributed by atoms with Gasteiger partial charge in [0.2, 0.25) is 0 Å². The fourth-order valence-electron chi connectivity index (χ4n) is 1.98. The van der Waals surface area contributed by atoms with Crippen molar-refractivity contribution in [2.24, 2.45) is 5.73 Å². The molecule has 0 bridgehead atoms. The largest absolute Gasteiger partial charge is 0.476 e. The molecule has 1 aliphatic rings. The number of nitrogens with zero attached hydrogens (tertiary/aromatic N) is 2. The molecule has 0 aromatic carbocycles. The molecule has 1 atom stereocenters. The van der Waals surface area contributed by atoms with Gasteiger partial charge >= 0.3 is 5.97 Å². The van der Waals surface area contributed by atoms with Crippen LogP contribution in [0.15, 0.2) is 10.7 Å². The number of H-pyrrole nitrogens is 1. The van der Waals surface area contributed by atoms with Crippen LogP contribution in [0.25, 0.3) is 11.3 Å². The van der Waals surface area contributed by atoms with Gasteiger partial charge in [-0.2, -0.15) is 5.10 Å². The number of carboxylic acid groups (broad SMARTS) is 1. The minimum atomic E-state index is -1.13. The molecular weight excluding hydrogens is 212 g/mol. The predicted molar refractivity (Wildman–Crippen MR) is 51.7 cm³/mol. The van der Waals surface area contributed by atoms with Crippen LogP contribution in [0.5, 0.6) is 0 Å². The molecule has 7 heteroatoms. The Balaban J connectivity index is 2.27. The molecule has 2 heterocycles. The van der Waals surface area contributed by atoms with Gasteiger partial charge < -0.3 is 15.4 Å². The summed E-state index contributed by atoms with van der Waals surface area (Å²) in [6, 6.07) is -0.430. The van der Waals surface area contributed by atoms with Gasteiger partial charge in [0, 0.05) is 18.2 Å². The van der Waals surface area contributed by atoms with Crippen LogP contribution in [0, 0.1) is 0 Å². The van der Waals surface area contributed by atoms with Crippen LogP contribution in [0.3, 0.4) is 0 Å². The Hall–Kier alpha value is -2.15. The van der Waals surface area contributed by atoms with Gasteiger partial charge in [-0.15, -0.1) is 0 Å². The third kappa shape index (κ3) is 1.03. The fraction of sp³-hybridized carbons (Fsp3) is 0.222. The Bertz CT molecular complexity index is 571. The molecule has 1 unspecified atom stereocenters. The molecule has 16 heavy (non-hydrogen) atoms. The molecule has 0 saturated heterocycles. The van der Waals surface area contributed by atoms with Crippen molar-refractivity contribution >= 4 is 5.97 Å². The van der Waals surface area contributed by atoms with Gasteiger partial charge in [-0.25, -0.2) is 4.79 Å². The number of nitrogens with two attached hydrogens (primary N) is 1. The summed E-state index contributed by atoms with van der Waals surface area (Å²) in [6.45, 7) is 0. The number of fused-ring (bicyclic) bond motifs is 3. The summed E-state index contributed by atoms with van der Waals surface area (Å²) in [4.78, 5) is 10.9. The molecule has 7 nitrogen and oxygen atoms in total. The molecule has 82 valence electrons. The van der Waals surface area contributed by atoms with E-state index in [0.29, 0.717) is 17.7 Å². The number of nitrogens with one attached hydrogen (secondary N) is 1. The average Bonchev–Trinajstić information content (AvgIpc) is 2.80. The molecule has 2 aromatic rings. The molecule has 0 saturated carbocycles. The summed E-state index contributed by atoms with van der Waals surface area (Å²) >= 11 is 0. The Labute approximate surface area is 89.2 Å². The highest BCUT2D eigenvalue weighted by Crippen LogP contribution is 2.38. The zero-order valence-corrected chi connectivity index (χ0v) is 8.10. The van der Waals surface area contributed by atoms with E-state index in [0.717, 1.165) is 11.3 Å². The first-order valence-electron chi connectivity index (χ1n) is 4.69. The number of hydrogen-bond acceptors (Lipinski definition) is 5. The first-order chi connectivity index (χ1) is 7.68. The normalized spacial score (nSPS) is 17.9. The summed E-state index contributed by atoms with van der Waals surface area (Å²) in [7, 11) is 0. The van der Waals surface area contributed by atoms with Gasteiger partial charge in [0.1, 0.15) is 0 Å². The van der Waals surface area contributed by atoms with Crippen LogP contribution >= 0.6 is 0 Å². The summed E-state index contributed by atoms with van der Waals surface area (Å²) in [5.74, 6) is -0.729. The van der Waals surface area contributed by atoms with E-state index in [9.17, 15) is 4.79 Å². The maximum Gasteiger partial charge on any atom is 0.358 e. The van der Waals surface area contributed by atoms with Crippen LogP contribution in [-0.2, 0) is 6.42 Å². The van der Waals surface area contributed by atoms with Gasteiger partial charge in [-0.3, -0.25) is 5.10 Å². The number of aromatic carboxylic acids is 1. The molecule has 4 N–H and O–H groups in total. The summed E-state index contributed by atoms with van der Waals surface area (Å²) in [5.41, 5.74) is 7.80. The molecule has 0 radical (unpaired) electrons. The number of aromatic amines is 1. The van der Waals surface area contributed by atoms with E-state index in [2.05, 4.69) is 15.4 Å². The van der Waals surface area contributed by atoms with Crippen molar-refractivity contribution in [3.05, 3.63) is 23.1 Å². The van der Waals surface area contributed by atoms with Gasteiger partial charge in [0.05, 0.1) is 17.3 Å². The monoisotopic (exact) mass is 220 g/mol. The lowest BCUT2D eigenvalue weighted by Gasteiger charge is -2.16. The van der Waals surface area contributed by atoms with Crippen LogP contribution in [-0.4, -0.2) is 26.4 Å². The van der Waals surface area contributed by atoms with Crippen molar-refractivity contribution in [3.8, 4) is 11.3 Å². The first kappa shape index (κ1) is 9.10. The van der Waals surface area contributed by atoms with Crippen LogP contribution in [0.1, 0.15) is 27.8 Å². The summed E-state index contributed by atoms with van der Waals surface area (Å²) in [5, 5.41) is 19.2. The van der Waals surface area contributed by atoms with E-state index < -0.39 is 12.0 Å². The van der Waals surface area contributed by atoms with Crippen LogP contribution in [0.4, 0.5) is 0 Å². The Kier molecular flexibility index (Phi) is 1.66. The quantitative estimate of drug-likeness (QED) is 0.636. The smallest absolute Gasteiger partial charge is 0.358 e. The van der Waals surface area contributed by atoms with E-state index in [-0.39, 0.29) is 5.69 Å². The van der Waals surface area contributed by atoms with Crippen molar-refractivity contribution in [3.63, 3.8) is 0 Å². The lowest BCUT2D eigenvalue weighted by atomic mass is 9.91. The minimum Gasteiger partial charge on any atom is -0.476 e. The molecule has 0 spiro atoms. The maximum atomic E-state index is 10.9. The van der Waals surface area contributed by atoms with Crippen molar-refractivity contribution in [2.75, 3.05) is 0 Å². The highest BCUT2D eigenvalue weighted by Gasteiger charge is 2.33. The molecule has 0 amide bonds. The zero-order valence-electron chi connectivity index (χ0n) is 8.10. The first-order valence-corrected chi connectivity index (χ1v) is 4.69. The van der Waals surface area contributed by atoms with Crippen molar-refractivity contribution in [2.45, 2.75) is 12.5 Å². The Morgan fingerprint density at radius 3 is 3.25 bits per heavy atom.